The number of ether oxygens (including phenoxy) is 4. The van der Waals surface area contributed by atoms with Crippen molar-refractivity contribution in [2.45, 2.75) is 32.4 Å². The number of fused-ring (bicyclic) bond motifs is 2. The Balaban J connectivity index is 1.29. The molecule has 3 heterocycles. The van der Waals surface area contributed by atoms with Crippen LogP contribution in [0.2, 0.25) is 0 Å². The van der Waals surface area contributed by atoms with E-state index >= 15 is 0 Å². The lowest BCUT2D eigenvalue weighted by molar-refractivity contribution is -0.116. The number of carbonyl (C=O) groups excluding carboxylic acids is 3. The van der Waals surface area contributed by atoms with E-state index in [4.69, 9.17) is 18.9 Å². The molecule has 0 bridgehead atoms. The summed E-state index contributed by atoms with van der Waals surface area (Å²) < 4.78 is 22.5. The van der Waals surface area contributed by atoms with Crippen LogP contribution in [-0.4, -0.2) is 116 Å². The van der Waals surface area contributed by atoms with Crippen LogP contribution >= 0.6 is 0 Å². The molecule has 3 aliphatic heterocycles. The van der Waals surface area contributed by atoms with E-state index in [1.54, 1.807) is 55.3 Å². The second kappa shape index (κ2) is 14.1. The fourth-order valence-electron chi connectivity index (χ4n) is 5.37. The van der Waals surface area contributed by atoms with E-state index in [0.29, 0.717) is 61.3 Å². The van der Waals surface area contributed by atoms with E-state index in [0.717, 1.165) is 13.1 Å². The van der Waals surface area contributed by atoms with Gasteiger partial charge in [-0.05, 0) is 37.3 Å². The van der Waals surface area contributed by atoms with Crippen LogP contribution in [0.3, 0.4) is 0 Å². The van der Waals surface area contributed by atoms with E-state index in [1.807, 2.05) is 6.92 Å². The SMILES string of the molecule is C[C@H](CO)N1C[C@H](C)[C@@H](CN(C)C(=O)Nc2ccc3c(c2)OCO3)Oc2ccc(NC(=O)CCN3CCOCC3)cc2C1=O. The fourth-order valence-corrected chi connectivity index (χ4v) is 5.37. The van der Waals surface area contributed by atoms with Gasteiger partial charge < -0.3 is 44.5 Å². The van der Waals surface area contributed by atoms with E-state index in [9.17, 15) is 19.5 Å². The molecule has 1 fully saturated rings. The smallest absolute Gasteiger partial charge is 0.321 e. The summed E-state index contributed by atoms with van der Waals surface area (Å²) in [6.45, 7) is 7.74. The minimum Gasteiger partial charge on any atom is -0.487 e. The van der Waals surface area contributed by atoms with Crippen LogP contribution in [0, 0.1) is 5.92 Å². The monoisotopic (exact) mass is 611 g/mol. The maximum absolute atomic E-state index is 13.7. The van der Waals surface area contributed by atoms with Crippen molar-refractivity contribution in [2.75, 3.05) is 77.0 Å². The summed E-state index contributed by atoms with van der Waals surface area (Å²) in [5.41, 5.74) is 1.33. The Labute approximate surface area is 257 Å². The van der Waals surface area contributed by atoms with Crippen molar-refractivity contribution in [1.29, 1.82) is 0 Å². The number of hydrogen-bond donors (Lipinski definition) is 3. The topological polar surface area (TPSA) is 142 Å². The highest BCUT2D eigenvalue weighted by Crippen LogP contribution is 2.34. The average molecular weight is 612 g/mol. The molecule has 44 heavy (non-hydrogen) atoms. The van der Waals surface area contributed by atoms with Gasteiger partial charge in [-0.25, -0.2) is 4.79 Å². The van der Waals surface area contributed by atoms with Gasteiger partial charge in [-0.3, -0.25) is 14.5 Å². The summed E-state index contributed by atoms with van der Waals surface area (Å²) in [5.74, 6) is 0.898. The third kappa shape index (κ3) is 7.52. The van der Waals surface area contributed by atoms with Crippen molar-refractivity contribution >= 4 is 29.2 Å². The lowest BCUT2D eigenvalue weighted by Gasteiger charge is -2.38. The first kappa shape index (κ1) is 31.4. The molecule has 2 aromatic rings. The van der Waals surface area contributed by atoms with Crippen molar-refractivity contribution in [3.8, 4) is 17.2 Å². The molecule has 0 unspecified atom stereocenters. The number of likely N-dealkylation sites (N-methyl/N-ethyl adjacent to an activating group) is 1. The van der Waals surface area contributed by atoms with Crippen LogP contribution in [0.4, 0.5) is 16.2 Å². The largest absolute Gasteiger partial charge is 0.487 e. The molecule has 2 aromatic carbocycles. The van der Waals surface area contributed by atoms with Gasteiger partial charge in [0.15, 0.2) is 11.5 Å². The van der Waals surface area contributed by atoms with Gasteiger partial charge in [0.25, 0.3) is 5.91 Å². The fraction of sp³-hybridized carbons (Fsp3) is 0.516. The first-order valence-electron chi connectivity index (χ1n) is 15.0. The predicted octanol–water partition coefficient (Wildman–Crippen LogP) is 2.46. The minimum absolute atomic E-state index is 0.141. The molecule has 238 valence electrons. The van der Waals surface area contributed by atoms with Gasteiger partial charge in [0.1, 0.15) is 11.9 Å². The maximum atomic E-state index is 13.7. The number of aliphatic hydroxyl groups excluding tert-OH is 1. The molecular formula is C31H41N5O8. The lowest BCUT2D eigenvalue weighted by atomic mass is 9.99. The van der Waals surface area contributed by atoms with Crippen LogP contribution < -0.4 is 24.8 Å². The third-order valence-electron chi connectivity index (χ3n) is 8.13. The predicted molar refractivity (Wildman–Crippen MR) is 162 cm³/mol. The van der Waals surface area contributed by atoms with Crippen molar-refractivity contribution in [1.82, 2.24) is 14.7 Å². The van der Waals surface area contributed by atoms with Crippen molar-refractivity contribution in [2.24, 2.45) is 5.92 Å². The highest BCUT2D eigenvalue weighted by molar-refractivity contribution is 6.00. The van der Waals surface area contributed by atoms with Gasteiger partial charge in [-0.2, -0.15) is 0 Å². The van der Waals surface area contributed by atoms with Crippen LogP contribution in [-0.2, 0) is 9.53 Å². The molecule has 13 heteroatoms. The second-order valence-corrected chi connectivity index (χ2v) is 11.5. The van der Waals surface area contributed by atoms with Crippen LogP contribution in [0.1, 0.15) is 30.6 Å². The van der Waals surface area contributed by atoms with Gasteiger partial charge in [-0.1, -0.05) is 6.92 Å². The Morgan fingerprint density at radius 1 is 1.05 bits per heavy atom. The summed E-state index contributed by atoms with van der Waals surface area (Å²) in [4.78, 5) is 44.9. The summed E-state index contributed by atoms with van der Waals surface area (Å²) in [7, 11) is 1.67. The average Bonchev–Trinajstić information content (AvgIpc) is 3.50. The maximum Gasteiger partial charge on any atom is 0.321 e. The number of amides is 4. The molecule has 3 N–H and O–H groups in total. The Morgan fingerprint density at radius 3 is 2.50 bits per heavy atom. The first-order chi connectivity index (χ1) is 21.2. The number of nitrogens with one attached hydrogen (secondary N) is 2. The number of benzene rings is 2. The van der Waals surface area contributed by atoms with E-state index < -0.39 is 12.1 Å². The van der Waals surface area contributed by atoms with Crippen LogP contribution in [0.5, 0.6) is 17.2 Å². The summed E-state index contributed by atoms with van der Waals surface area (Å²) >= 11 is 0. The number of carbonyl (C=O) groups is 3. The molecular weight excluding hydrogens is 570 g/mol. The number of aliphatic hydroxyl groups is 1. The second-order valence-electron chi connectivity index (χ2n) is 11.5. The Kier molecular flexibility index (Phi) is 10.1. The zero-order valence-corrected chi connectivity index (χ0v) is 25.4. The molecule has 3 atom stereocenters. The molecule has 0 aromatic heterocycles. The number of hydrogen-bond acceptors (Lipinski definition) is 9. The molecule has 0 spiro atoms. The number of rotatable bonds is 9. The van der Waals surface area contributed by atoms with Crippen molar-refractivity contribution in [3.05, 3.63) is 42.0 Å². The number of morpholine rings is 1. The third-order valence-corrected chi connectivity index (χ3v) is 8.13. The Hall–Kier alpha value is -4.07. The van der Waals surface area contributed by atoms with Crippen molar-refractivity contribution in [3.63, 3.8) is 0 Å². The highest BCUT2D eigenvalue weighted by atomic mass is 16.7. The van der Waals surface area contributed by atoms with E-state index in [-0.39, 0.29) is 49.3 Å². The van der Waals surface area contributed by atoms with Gasteiger partial charge in [-0.15, -0.1) is 0 Å². The summed E-state index contributed by atoms with van der Waals surface area (Å²) in [6, 6.07) is 9.39. The standard InChI is InChI=1S/C31H41N5O8/c1-20-16-36(21(2)18-37)30(39)24-14-22(32-29(38)8-9-35-10-12-41-13-11-35)4-6-25(24)44-28(20)17-34(3)31(40)33-23-5-7-26-27(15-23)43-19-42-26/h4-7,14-15,20-21,28,37H,8-13,16-19H2,1-3H3,(H,32,38)(H,33,40)/t20-,21+,28+/m0/s1. The molecule has 13 nitrogen and oxygen atoms in total. The Morgan fingerprint density at radius 2 is 1.75 bits per heavy atom. The molecule has 1 saturated heterocycles. The van der Waals surface area contributed by atoms with Crippen LogP contribution in [0.15, 0.2) is 36.4 Å². The van der Waals surface area contributed by atoms with Gasteiger partial charge >= 0.3 is 6.03 Å². The molecule has 0 saturated carbocycles. The molecule has 3 aliphatic rings. The van der Waals surface area contributed by atoms with E-state index in [1.165, 1.54) is 4.90 Å². The molecule has 0 radical (unpaired) electrons. The lowest BCUT2D eigenvalue weighted by Crippen LogP contribution is -2.50. The number of urea groups is 1. The van der Waals surface area contributed by atoms with Gasteiger partial charge in [0.05, 0.1) is 38.0 Å². The summed E-state index contributed by atoms with van der Waals surface area (Å²) in [5, 5.41) is 15.7. The highest BCUT2D eigenvalue weighted by Gasteiger charge is 2.34. The zero-order valence-electron chi connectivity index (χ0n) is 25.4. The van der Waals surface area contributed by atoms with Crippen molar-refractivity contribution < 1.29 is 38.4 Å². The quantitative estimate of drug-likeness (QED) is 0.390. The van der Waals surface area contributed by atoms with Crippen LogP contribution in [0.25, 0.3) is 0 Å². The summed E-state index contributed by atoms with van der Waals surface area (Å²) in [6.07, 6.45) is -0.160. The number of anilines is 2. The number of nitrogens with zero attached hydrogens (tertiary/aromatic N) is 3. The minimum atomic E-state index is -0.475. The molecule has 4 amide bonds. The normalized spacial score (nSPS) is 20.5. The van der Waals surface area contributed by atoms with E-state index in [2.05, 4.69) is 15.5 Å². The first-order valence-corrected chi connectivity index (χ1v) is 15.0. The van der Waals surface area contributed by atoms with Gasteiger partial charge in [0, 0.05) is 63.0 Å². The zero-order chi connectivity index (χ0) is 31.2. The Bertz CT molecular complexity index is 1350. The van der Waals surface area contributed by atoms with Gasteiger partial charge in [0.2, 0.25) is 12.7 Å². The molecule has 0 aliphatic carbocycles. The molecule has 5 rings (SSSR count).